The monoisotopic (exact) mass is 191 g/mol. The van der Waals surface area contributed by atoms with Gasteiger partial charge in [-0.2, -0.15) is 0 Å². The molecule has 0 saturated heterocycles. The highest BCUT2D eigenvalue weighted by Crippen LogP contribution is 2.21. The summed E-state index contributed by atoms with van der Waals surface area (Å²) in [7, 11) is 0. The highest BCUT2D eigenvalue weighted by molar-refractivity contribution is 6.30. The van der Waals surface area contributed by atoms with Gasteiger partial charge in [0.2, 0.25) is 0 Å². The molecule has 0 aliphatic carbocycles. The maximum atomic E-state index is 5.95. The third-order valence-electron chi connectivity index (χ3n) is 2.18. The van der Waals surface area contributed by atoms with Gasteiger partial charge in [0.1, 0.15) is 5.15 Å². The lowest BCUT2D eigenvalue weighted by atomic mass is 10.1. The quantitative estimate of drug-likeness (QED) is 0.581. The van der Waals surface area contributed by atoms with Crippen molar-refractivity contribution in [2.75, 3.05) is 0 Å². The molecule has 1 nitrogen and oxygen atoms in total. The molecule has 2 rings (SSSR count). The fraction of sp³-hybridized carbons (Fsp3) is 0.182. The standard InChI is InChI=1S/C11H10ClN/c1-7-4-3-5-9-6-8(2)11(12)13-10(7)9/h3-6H,1-2H3. The average molecular weight is 192 g/mol. The summed E-state index contributed by atoms with van der Waals surface area (Å²) in [5.74, 6) is 0. The summed E-state index contributed by atoms with van der Waals surface area (Å²) in [6.45, 7) is 4.01. The van der Waals surface area contributed by atoms with Gasteiger partial charge in [0, 0.05) is 5.39 Å². The minimum Gasteiger partial charge on any atom is -0.236 e. The molecular weight excluding hydrogens is 182 g/mol. The summed E-state index contributed by atoms with van der Waals surface area (Å²) in [4.78, 5) is 4.34. The van der Waals surface area contributed by atoms with Crippen molar-refractivity contribution in [3.05, 3.63) is 40.5 Å². The van der Waals surface area contributed by atoms with Crippen LogP contribution < -0.4 is 0 Å². The number of rotatable bonds is 0. The van der Waals surface area contributed by atoms with E-state index in [1.54, 1.807) is 0 Å². The largest absolute Gasteiger partial charge is 0.236 e. The highest BCUT2D eigenvalue weighted by atomic mass is 35.5. The molecule has 0 aliphatic heterocycles. The second-order valence-corrected chi connectivity index (χ2v) is 3.60. The zero-order chi connectivity index (χ0) is 9.42. The molecule has 0 fully saturated rings. The number of hydrogen-bond donors (Lipinski definition) is 0. The first-order valence-electron chi connectivity index (χ1n) is 4.21. The molecule has 0 amide bonds. The van der Waals surface area contributed by atoms with E-state index in [0.717, 1.165) is 16.5 Å². The Kier molecular flexibility index (Phi) is 1.97. The average Bonchev–Trinajstić information content (AvgIpc) is 2.09. The summed E-state index contributed by atoms with van der Waals surface area (Å²) in [6.07, 6.45) is 0. The lowest BCUT2D eigenvalue weighted by molar-refractivity contribution is 1.31. The minimum absolute atomic E-state index is 0.599. The number of benzene rings is 1. The Morgan fingerprint density at radius 2 is 1.92 bits per heavy atom. The Hall–Kier alpha value is -1.08. The predicted octanol–water partition coefficient (Wildman–Crippen LogP) is 3.51. The van der Waals surface area contributed by atoms with Gasteiger partial charge in [-0.15, -0.1) is 0 Å². The molecule has 0 aliphatic rings. The van der Waals surface area contributed by atoms with Crippen LogP contribution in [0.4, 0.5) is 0 Å². The van der Waals surface area contributed by atoms with Gasteiger partial charge < -0.3 is 0 Å². The van der Waals surface area contributed by atoms with E-state index in [2.05, 4.69) is 17.1 Å². The molecule has 66 valence electrons. The number of para-hydroxylation sites is 1. The van der Waals surface area contributed by atoms with E-state index in [0.29, 0.717) is 5.15 Å². The fourth-order valence-corrected chi connectivity index (χ4v) is 1.57. The molecule has 0 radical (unpaired) electrons. The Balaban J connectivity index is 2.89. The maximum Gasteiger partial charge on any atom is 0.132 e. The number of aryl methyl sites for hydroxylation is 2. The van der Waals surface area contributed by atoms with E-state index < -0.39 is 0 Å². The number of aromatic nitrogens is 1. The van der Waals surface area contributed by atoms with Crippen LogP contribution in [0.1, 0.15) is 11.1 Å². The van der Waals surface area contributed by atoms with Gasteiger partial charge in [0.05, 0.1) is 5.52 Å². The molecule has 1 aromatic carbocycles. The van der Waals surface area contributed by atoms with Gasteiger partial charge in [-0.1, -0.05) is 29.8 Å². The van der Waals surface area contributed by atoms with Crippen molar-refractivity contribution < 1.29 is 0 Å². The molecule has 0 bridgehead atoms. The van der Waals surface area contributed by atoms with E-state index in [9.17, 15) is 0 Å². The van der Waals surface area contributed by atoms with Crippen LogP contribution in [0.5, 0.6) is 0 Å². The summed E-state index contributed by atoms with van der Waals surface area (Å²) < 4.78 is 0. The summed E-state index contributed by atoms with van der Waals surface area (Å²) in [5, 5.41) is 1.75. The highest BCUT2D eigenvalue weighted by Gasteiger charge is 2.01. The smallest absolute Gasteiger partial charge is 0.132 e. The van der Waals surface area contributed by atoms with Gasteiger partial charge >= 0.3 is 0 Å². The fourth-order valence-electron chi connectivity index (χ4n) is 1.43. The minimum atomic E-state index is 0.599. The van der Waals surface area contributed by atoms with Crippen molar-refractivity contribution in [1.29, 1.82) is 0 Å². The number of fused-ring (bicyclic) bond motifs is 1. The number of pyridine rings is 1. The molecule has 2 aromatic rings. The van der Waals surface area contributed by atoms with Crippen LogP contribution in [0.25, 0.3) is 10.9 Å². The first-order valence-corrected chi connectivity index (χ1v) is 4.59. The van der Waals surface area contributed by atoms with Crippen LogP contribution in [-0.4, -0.2) is 4.98 Å². The SMILES string of the molecule is Cc1cc2cccc(C)c2nc1Cl. The van der Waals surface area contributed by atoms with Crippen LogP contribution in [0.3, 0.4) is 0 Å². The van der Waals surface area contributed by atoms with Crippen LogP contribution in [0.2, 0.25) is 5.15 Å². The first kappa shape index (κ1) is 8.52. The van der Waals surface area contributed by atoms with E-state index in [-0.39, 0.29) is 0 Å². The molecule has 0 atom stereocenters. The first-order chi connectivity index (χ1) is 6.18. The lowest BCUT2D eigenvalue weighted by Gasteiger charge is -2.03. The third-order valence-corrected chi connectivity index (χ3v) is 2.56. The van der Waals surface area contributed by atoms with E-state index in [4.69, 9.17) is 11.6 Å². The third kappa shape index (κ3) is 1.40. The summed E-state index contributed by atoms with van der Waals surface area (Å²) >= 11 is 5.95. The molecule has 0 spiro atoms. The van der Waals surface area contributed by atoms with Gasteiger partial charge in [-0.3, -0.25) is 0 Å². The van der Waals surface area contributed by atoms with Crippen LogP contribution in [-0.2, 0) is 0 Å². The molecule has 1 heterocycles. The van der Waals surface area contributed by atoms with Crippen molar-refractivity contribution in [2.24, 2.45) is 0 Å². The van der Waals surface area contributed by atoms with E-state index in [1.165, 1.54) is 5.56 Å². The second kappa shape index (κ2) is 3.00. The Labute approximate surface area is 82.4 Å². The zero-order valence-corrected chi connectivity index (χ0v) is 8.39. The van der Waals surface area contributed by atoms with Crippen molar-refractivity contribution in [3.63, 3.8) is 0 Å². The normalized spacial score (nSPS) is 10.7. The number of nitrogens with zero attached hydrogens (tertiary/aromatic N) is 1. The van der Waals surface area contributed by atoms with Gasteiger partial charge in [0.25, 0.3) is 0 Å². The predicted molar refractivity (Wildman–Crippen MR) is 56.2 cm³/mol. The van der Waals surface area contributed by atoms with Crippen molar-refractivity contribution in [2.45, 2.75) is 13.8 Å². The Morgan fingerprint density at radius 3 is 2.69 bits per heavy atom. The summed E-state index contributed by atoms with van der Waals surface area (Å²) in [5.41, 5.74) is 3.19. The molecule has 0 N–H and O–H groups in total. The molecule has 1 aromatic heterocycles. The molecular formula is C11H10ClN. The van der Waals surface area contributed by atoms with E-state index in [1.807, 2.05) is 26.0 Å². The molecule has 13 heavy (non-hydrogen) atoms. The molecule has 0 unspecified atom stereocenters. The Bertz CT molecular complexity index is 463. The number of halogens is 1. The van der Waals surface area contributed by atoms with E-state index >= 15 is 0 Å². The second-order valence-electron chi connectivity index (χ2n) is 3.24. The van der Waals surface area contributed by atoms with Crippen molar-refractivity contribution in [1.82, 2.24) is 4.98 Å². The molecule has 0 saturated carbocycles. The number of hydrogen-bond acceptors (Lipinski definition) is 1. The van der Waals surface area contributed by atoms with Crippen LogP contribution in [0.15, 0.2) is 24.3 Å². The van der Waals surface area contributed by atoms with Gasteiger partial charge in [-0.25, -0.2) is 4.98 Å². The maximum absolute atomic E-state index is 5.95. The van der Waals surface area contributed by atoms with Crippen LogP contribution in [0, 0.1) is 13.8 Å². The summed E-state index contributed by atoms with van der Waals surface area (Å²) in [6, 6.07) is 8.20. The molecule has 2 heteroatoms. The zero-order valence-electron chi connectivity index (χ0n) is 7.63. The van der Waals surface area contributed by atoms with Gasteiger partial charge in [0.15, 0.2) is 0 Å². The van der Waals surface area contributed by atoms with Gasteiger partial charge in [-0.05, 0) is 31.0 Å². The van der Waals surface area contributed by atoms with Crippen molar-refractivity contribution >= 4 is 22.5 Å². The van der Waals surface area contributed by atoms with Crippen LogP contribution >= 0.6 is 11.6 Å². The topological polar surface area (TPSA) is 12.9 Å². The lowest BCUT2D eigenvalue weighted by Crippen LogP contribution is -1.86. The van der Waals surface area contributed by atoms with Crippen molar-refractivity contribution in [3.8, 4) is 0 Å². The Morgan fingerprint density at radius 1 is 1.15 bits per heavy atom.